The lowest BCUT2D eigenvalue weighted by atomic mass is 10.2. The second-order valence-electron chi connectivity index (χ2n) is 5.27. The fraction of sp³-hybridized carbons (Fsp3) is 0.312. The van der Waals surface area contributed by atoms with Gasteiger partial charge in [0.15, 0.2) is 11.5 Å². The summed E-state index contributed by atoms with van der Waals surface area (Å²) in [6.07, 6.45) is 4.04. The highest BCUT2D eigenvalue weighted by atomic mass is 35.5. The monoisotopic (exact) mass is 363 g/mol. The Morgan fingerprint density at radius 2 is 2.08 bits per heavy atom. The van der Waals surface area contributed by atoms with Gasteiger partial charge in [0.05, 0.1) is 23.2 Å². The smallest absolute Gasteiger partial charge is 0.227 e. The highest BCUT2D eigenvalue weighted by molar-refractivity contribution is 7.09. The number of ether oxygens (including phenoxy) is 2. The summed E-state index contributed by atoms with van der Waals surface area (Å²) in [4.78, 5) is 8.68. The third kappa shape index (κ3) is 3.22. The lowest BCUT2D eigenvalue weighted by Crippen LogP contribution is -1.97. The van der Waals surface area contributed by atoms with E-state index in [0.717, 1.165) is 23.4 Å². The first kappa shape index (κ1) is 15.4. The van der Waals surface area contributed by atoms with Gasteiger partial charge in [0.25, 0.3) is 0 Å². The highest BCUT2D eigenvalue weighted by Gasteiger charge is 2.18. The van der Waals surface area contributed by atoms with Crippen LogP contribution in [0.4, 0.5) is 0 Å². The molecular formula is C16H14ClN3O3S. The molecule has 0 aliphatic carbocycles. The standard InChI is InChI=1S/C16H14ClN3O3S/c17-11-8-10(9-12-15(11)22-6-1-5-21-12)16-19-13(23-20-16)2-3-14-18-4-7-24-14/h4,7-9H,1-3,5-6H2. The number of hydrogen-bond acceptors (Lipinski definition) is 7. The Hall–Kier alpha value is -2.12. The van der Waals surface area contributed by atoms with Gasteiger partial charge in [0, 0.05) is 36.4 Å². The van der Waals surface area contributed by atoms with Crippen LogP contribution in [0, 0.1) is 0 Å². The quantitative estimate of drug-likeness (QED) is 0.702. The van der Waals surface area contributed by atoms with E-state index in [2.05, 4.69) is 15.1 Å². The van der Waals surface area contributed by atoms with Crippen LogP contribution >= 0.6 is 22.9 Å². The summed E-state index contributed by atoms with van der Waals surface area (Å²) < 4.78 is 16.6. The van der Waals surface area contributed by atoms with E-state index in [4.69, 9.17) is 25.6 Å². The van der Waals surface area contributed by atoms with Gasteiger partial charge in [-0.3, -0.25) is 0 Å². The molecule has 0 amide bonds. The lowest BCUT2D eigenvalue weighted by Gasteiger charge is -2.09. The van der Waals surface area contributed by atoms with E-state index in [9.17, 15) is 0 Å². The molecule has 0 spiro atoms. The number of rotatable bonds is 4. The average Bonchev–Trinajstić information content (AvgIpc) is 3.20. The Balaban J connectivity index is 1.55. The zero-order chi connectivity index (χ0) is 16.4. The van der Waals surface area contributed by atoms with Crippen LogP contribution in [-0.2, 0) is 12.8 Å². The van der Waals surface area contributed by atoms with Gasteiger partial charge in [0.1, 0.15) is 0 Å². The minimum absolute atomic E-state index is 0.485. The molecule has 2 aromatic heterocycles. The molecule has 1 aliphatic heterocycles. The van der Waals surface area contributed by atoms with E-state index in [1.807, 2.05) is 11.4 Å². The number of hydrogen-bond donors (Lipinski definition) is 0. The summed E-state index contributed by atoms with van der Waals surface area (Å²) in [5.74, 6) is 2.25. The van der Waals surface area contributed by atoms with E-state index in [0.29, 0.717) is 47.9 Å². The molecule has 3 heterocycles. The Bertz CT molecular complexity index is 835. The molecule has 8 heteroatoms. The summed E-state index contributed by atoms with van der Waals surface area (Å²) in [6, 6.07) is 3.60. The molecule has 0 atom stereocenters. The number of nitrogens with zero attached hydrogens (tertiary/aromatic N) is 3. The van der Waals surface area contributed by atoms with Crippen LogP contribution in [0.25, 0.3) is 11.4 Å². The maximum atomic E-state index is 6.31. The maximum absolute atomic E-state index is 6.31. The highest BCUT2D eigenvalue weighted by Crippen LogP contribution is 2.40. The molecule has 1 aromatic carbocycles. The van der Waals surface area contributed by atoms with Crippen LogP contribution in [0.5, 0.6) is 11.5 Å². The topological polar surface area (TPSA) is 70.3 Å². The summed E-state index contributed by atoms with van der Waals surface area (Å²) in [7, 11) is 0. The first-order valence-electron chi connectivity index (χ1n) is 7.60. The Morgan fingerprint density at radius 1 is 1.17 bits per heavy atom. The number of aromatic nitrogens is 3. The zero-order valence-electron chi connectivity index (χ0n) is 12.7. The van der Waals surface area contributed by atoms with Crippen molar-refractivity contribution >= 4 is 22.9 Å². The SMILES string of the molecule is Clc1cc(-c2noc(CCc3nccs3)n2)cc2c1OCCCO2. The van der Waals surface area contributed by atoms with Crippen molar-refractivity contribution in [1.29, 1.82) is 0 Å². The normalized spacial score (nSPS) is 13.7. The molecule has 1 aliphatic rings. The van der Waals surface area contributed by atoms with Gasteiger partial charge < -0.3 is 14.0 Å². The number of thiazole rings is 1. The summed E-state index contributed by atoms with van der Waals surface area (Å²) in [5.41, 5.74) is 0.744. The number of aryl methyl sites for hydroxylation is 2. The predicted molar refractivity (Wildman–Crippen MR) is 89.9 cm³/mol. The van der Waals surface area contributed by atoms with Gasteiger partial charge in [-0.1, -0.05) is 16.8 Å². The van der Waals surface area contributed by atoms with Gasteiger partial charge in [0.2, 0.25) is 11.7 Å². The molecule has 0 saturated heterocycles. The molecule has 0 N–H and O–H groups in total. The summed E-state index contributed by atoms with van der Waals surface area (Å²) in [5, 5.41) is 7.53. The van der Waals surface area contributed by atoms with Crippen molar-refractivity contribution in [1.82, 2.24) is 15.1 Å². The van der Waals surface area contributed by atoms with Crippen molar-refractivity contribution in [3.05, 3.63) is 39.6 Å². The minimum atomic E-state index is 0.485. The van der Waals surface area contributed by atoms with E-state index in [-0.39, 0.29) is 0 Å². The van der Waals surface area contributed by atoms with Crippen LogP contribution in [0.3, 0.4) is 0 Å². The third-order valence-corrected chi connectivity index (χ3v) is 4.68. The molecular weight excluding hydrogens is 350 g/mol. The van der Waals surface area contributed by atoms with Crippen LogP contribution in [0.1, 0.15) is 17.3 Å². The summed E-state index contributed by atoms with van der Waals surface area (Å²) >= 11 is 7.92. The largest absolute Gasteiger partial charge is 0.489 e. The molecule has 24 heavy (non-hydrogen) atoms. The van der Waals surface area contributed by atoms with Gasteiger partial charge in [-0.05, 0) is 12.1 Å². The van der Waals surface area contributed by atoms with Crippen LogP contribution < -0.4 is 9.47 Å². The van der Waals surface area contributed by atoms with Gasteiger partial charge in [-0.25, -0.2) is 4.98 Å². The van der Waals surface area contributed by atoms with E-state index >= 15 is 0 Å². The fourth-order valence-corrected chi connectivity index (χ4v) is 3.31. The minimum Gasteiger partial charge on any atom is -0.489 e. The number of benzene rings is 1. The van der Waals surface area contributed by atoms with E-state index in [1.54, 1.807) is 23.6 Å². The Labute approximate surface area is 147 Å². The first-order valence-corrected chi connectivity index (χ1v) is 8.86. The van der Waals surface area contributed by atoms with Crippen molar-refractivity contribution in [2.24, 2.45) is 0 Å². The van der Waals surface area contributed by atoms with Crippen molar-refractivity contribution in [2.45, 2.75) is 19.3 Å². The number of fused-ring (bicyclic) bond motifs is 1. The fourth-order valence-electron chi connectivity index (χ4n) is 2.42. The number of halogens is 1. The third-order valence-electron chi connectivity index (χ3n) is 3.56. The first-order chi connectivity index (χ1) is 11.8. The molecule has 3 aromatic rings. The van der Waals surface area contributed by atoms with Crippen molar-refractivity contribution in [3.8, 4) is 22.9 Å². The van der Waals surface area contributed by atoms with Gasteiger partial charge in [-0.15, -0.1) is 11.3 Å². The molecule has 0 saturated carbocycles. The predicted octanol–water partition coefficient (Wildman–Crippen LogP) is 3.79. The van der Waals surface area contributed by atoms with Crippen LogP contribution in [-0.4, -0.2) is 28.3 Å². The molecule has 124 valence electrons. The van der Waals surface area contributed by atoms with E-state index < -0.39 is 0 Å². The second-order valence-corrected chi connectivity index (χ2v) is 6.66. The Kier molecular flexibility index (Phi) is 4.36. The van der Waals surface area contributed by atoms with Crippen molar-refractivity contribution in [2.75, 3.05) is 13.2 Å². The summed E-state index contributed by atoms with van der Waals surface area (Å²) in [6.45, 7) is 1.19. The molecule has 0 radical (unpaired) electrons. The van der Waals surface area contributed by atoms with Crippen LogP contribution in [0.2, 0.25) is 5.02 Å². The molecule has 4 rings (SSSR count). The molecule has 0 unspecified atom stereocenters. The average molecular weight is 364 g/mol. The lowest BCUT2D eigenvalue weighted by molar-refractivity contribution is 0.297. The second kappa shape index (κ2) is 6.78. The van der Waals surface area contributed by atoms with Gasteiger partial charge >= 0.3 is 0 Å². The van der Waals surface area contributed by atoms with Crippen molar-refractivity contribution in [3.63, 3.8) is 0 Å². The van der Waals surface area contributed by atoms with Gasteiger partial charge in [-0.2, -0.15) is 4.98 Å². The van der Waals surface area contributed by atoms with E-state index in [1.165, 1.54) is 0 Å². The maximum Gasteiger partial charge on any atom is 0.227 e. The van der Waals surface area contributed by atoms with Crippen LogP contribution in [0.15, 0.2) is 28.2 Å². The van der Waals surface area contributed by atoms with Crippen molar-refractivity contribution < 1.29 is 14.0 Å². The zero-order valence-corrected chi connectivity index (χ0v) is 14.3. The molecule has 0 fully saturated rings. The Morgan fingerprint density at radius 3 is 2.96 bits per heavy atom. The molecule has 0 bridgehead atoms. The molecule has 6 nitrogen and oxygen atoms in total.